The molecule has 2 unspecified atom stereocenters. The molecule has 4 rings (SSSR count). The van der Waals surface area contributed by atoms with Gasteiger partial charge in [-0.3, -0.25) is 4.90 Å². The fraction of sp³-hybridized carbons (Fsp3) is 0.409. The van der Waals surface area contributed by atoms with Crippen LogP contribution in [-0.4, -0.2) is 39.6 Å². The van der Waals surface area contributed by atoms with Crippen LogP contribution in [-0.2, 0) is 0 Å². The Kier molecular flexibility index (Phi) is 4.79. The third kappa shape index (κ3) is 3.53. The Labute approximate surface area is 154 Å². The molecule has 1 saturated heterocycles. The number of β-amino-alcohol motifs (C(OH)–C–C–N with tert-alkyl or cyclic N) is 1. The molecule has 2 N–H and O–H groups in total. The number of imidazole rings is 1. The molecule has 26 heavy (non-hydrogen) atoms. The fourth-order valence-electron chi connectivity index (χ4n) is 4.15. The van der Waals surface area contributed by atoms with E-state index >= 15 is 0 Å². The first-order valence-corrected chi connectivity index (χ1v) is 9.52. The van der Waals surface area contributed by atoms with Crippen molar-refractivity contribution < 1.29 is 5.11 Å². The number of aryl methyl sites for hydroxylation is 2. The molecule has 0 spiro atoms. The maximum Gasteiger partial charge on any atom is 0.111 e. The summed E-state index contributed by atoms with van der Waals surface area (Å²) in [5.41, 5.74) is 5.59. The molecule has 1 aromatic heterocycles. The molecule has 2 aromatic carbocycles. The number of nitrogens with one attached hydrogen (secondary N) is 1. The minimum Gasteiger partial charge on any atom is -0.387 e. The van der Waals surface area contributed by atoms with Gasteiger partial charge in [-0.25, -0.2) is 4.98 Å². The Balaban J connectivity index is 1.46. The maximum atomic E-state index is 10.8. The molecule has 1 aliphatic heterocycles. The van der Waals surface area contributed by atoms with Crippen LogP contribution < -0.4 is 0 Å². The second-order valence-electron chi connectivity index (χ2n) is 7.61. The third-order valence-electron chi connectivity index (χ3n) is 5.52. The lowest BCUT2D eigenvalue weighted by atomic mass is 9.95. The van der Waals surface area contributed by atoms with Crippen LogP contribution in [0.1, 0.15) is 47.4 Å². The molecular formula is C22H27N3O. The number of aliphatic hydroxyl groups excluding tert-OH is 1. The van der Waals surface area contributed by atoms with Crippen LogP contribution in [0.5, 0.6) is 0 Å². The van der Waals surface area contributed by atoms with Gasteiger partial charge in [0.05, 0.1) is 17.1 Å². The van der Waals surface area contributed by atoms with E-state index in [9.17, 15) is 5.11 Å². The predicted molar refractivity (Wildman–Crippen MR) is 105 cm³/mol. The summed E-state index contributed by atoms with van der Waals surface area (Å²) in [6, 6.07) is 14.5. The van der Waals surface area contributed by atoms with Crippen LogP contribution in [0.15, 0.2) is 42.5 Å². The van der Waals surface area contributed by atoms with Crippen LogP contribution in [0.25, 0.3) is 11.0 Å². The Morgan fingerprint density at radius 1 is 1.23 bits per heavy atom. The van der Waals surface area contributed by atoms with Crippen molar-refractivity contribution in [1.29, 1.82) is 0 Å². The van der Waals surface area contributed by atoms with Gasteiger partial charge < -0.3 is 10.1 Å². The van der Waals surface area contributed by atoms with Crippen molar-refractivity contribution in [2.75, 3.05) is 19.6 Å². The number of aromatic nitrogens is 2. The van der Waals surface area contributed by atoms with Gasteiger partial charge in [-0.15, -0.1) is 0 Å². The van der Waals surface area contributed by atoms with Crippen LogP contribution in [0.3, 0.4) is 0 Å². The summed E-state index contributed by atoms with van der Waals surface area (Å²) in [5.74, 6) is 1.49. The van der Waals surface area contributed by atoms with E-state index in [1.54, 1.807) is 0 Å². The number of aromatic amines is 1. The molecule has 2 heterocycles. The predicted octanol–water partition coefficient (Wildman–Crippen LogP) is 4.09. The van der Waals surface area contributed by atoms with Crippen molar-refractivity contribution in [1.82, 2.24) is 14.9 Å². The molecule has 1 fully saturated rings. The molecule has 136 valence electrons. The largest absolute Gasteiger partial charge is 0.387 e. The minimum atomic E-state index is -0.440. The number of nitrogens with zero attached hydrogens (tertiary/aromatic N) is 2. The first kappa shape index (κ1) is 17.3. The summed E-state index contributed by atoms with van der Waals surface area (Å²) in [6.07, 6.45) is 1.85. The summed E-state index contributed by atoms with van der Waals surface area (Å²) in [7, 11) is 0. The zero-order valence-corrected chi connectivity index (χ0v) is 15.6. The first-order valence-electron chi connectivity index (χ1n) is 9.52. The third-order valence-corrected chi connectivity index (χ3v) is 5.52. The summed E-state index contributed by atoms with van der Waals surface area (Å²) in [6.45, 7) is 6.84. The Morgan fingerprint density at radius 2 is 2.08 bits per heavy atom. The van der Waals surface area contributed by atoms with E-state index in [0.29, 0.717) is 12.5 Å². The van der Waals surface area contributed by atoms with Gasteiger partial charge in [0.15, 0.2) is 0 Å². The van der Waals surface area contributed by atoms with Crippen molar-refractivity contribution in [3.8, 4) is 0 Å². The van der Waals surface area contributed by atoms with Gasteiger partial charge in [0.2, 0.25) is 0 Å². The van der Waals surface area contributed by atoms with Gasteiger partial charge in [-0.1, -0.05) is 35.9 Å². The molecule has 0 bridgehead atoms. The van der Waals surface area contributed by atoms with Gasteiger partial charge in [-0.05, 0) is 56.5 Å². The molecular weight excluding hydrogens is 322 g/mol. The number of hydrogen-bond donors (Lipinski definition) is 2. The van der Waals surface area contributed by atoms with Crippen molar-refractivity contribution >= 4 is 11.0 Å². The number of rotatable bonds is 4. The molecule has 1 aliphatic rings. The molecule has 4 nitrogen and oxygen atoms in total. The second-order valence-corrected chi connectivity index (χ2v) is 7.61. The van der Waals surface area contributed by atoms with Crippen molar-refractivity contribution in [3.05, 3.63) is 65.0 Å². The number of benzene rings is 2. The van der Waals surface area contributed by atoms with E-state index in [1.165, 1.54) is 11.1 Å². The lowest BCUT2D eigenvalue weighted by Gasteiger charge is -2.33. The van der Waals surface area contributed by atoms with E-state index in [2.05, 4.69) is 54.1 Å². The van der Waals surface area contributed by atoms with E-state index in [4.69, 9.17) is 4.98 Å². The van der Waals surface area contributed by atoms with Gasteiger partial charge in [0.1, 0.15) is 5.82 Å². The van der Waals surface area contributed by atoms with Crippen LogP contribution in [0.2, 0.25) is 0 Å². The lowest BCUT2D eigenvalue weighted by molar-refractivity contribution is 0.0942. The van der Waals surface area contributed by atoms with Crippen LogP contribution >= 0.6 is 0 Å². The quantitative estimate of drug-likeness (QED) is 0.746. The highest BCUT2D eigenvalue weighted by molar-refractivity contribution is 5.74. The molecule has 4 heteroatoms. The number of likely N-dealkylation sites (tertiary alicyclic amines) is 1. The van der Waals surface area contributed by atoms with E-state index < -0.39 is 6.10 Å². The van der Waals surface area contributed by atoms with Crippen molar-refractivity contribution in [2.24, 2.45) is 0 Å². The fourth-order valence-corrected chi connectivity index (χ4v) is 4.15. The number of para-hydroxylation sites is 2. The summed E-state index contributed by atoms with van der Waals surface area (Å²) in [4.78, 5) is 10.7. The normalized spacial score (nSPS) is 19.7. The maximum absolute atomic E-state index is 10.8. The molecule has 0 radical (unpaired) electrons. The van der Waals surface area contributed by atoms with E-state index in [-0.39, 0.29) is 0 Å². The second kappa shape index (κ2) is 7.22. The van der Waals surface area contributed by atoms with Gasteiger partial charge in [0, 0.05) is 19.0 Å². The number of piperidine rings is 1. The van der Waals surface area contributed by atoms with Crippen molar-refractivity contribution in [2.45, 2.75) is 38.7 Å². The lowest BCUT2D eigenvalue weighted by Crippen LogP contribution is -2.37. The average molecular weight is 349 g/mol. The smallest absolute Gasteiger partial charge is 0.111 e. The Morgan fingerprint density at radius 3 is 2.88 bits per heavy atom. The van der Waals surface area contributed by atoms with Gasteiger partial charge in [-0.2, -0.15) is 0 Å². The van der Waals surface area contributed by atoms with E-state index in [1.807, 2.05) is 12.1 Å². The SMILES string of the molecule is Cc1ccc(C(O)CN2CCCC(c3nc4ccccc4[nH]3)C2)c(C)c1. The molecule has 0 amide bonds. The van der Waals surface area contributed by atoms with Crippen LogP contribution in [0, 0.1) is 13.8 Å². The zero-order valence-electron chi connectivity index (χ0n) is 15.6. The standard InChI is InChI=1S/C22H27N3O/c1-15-9-10-18(16(2)12-15)21(26)14-25-11-5-6-17(13-25)22-23-19-7-3-4-8-20(19)24-22/h3-4,7-10,12,17,21,26H,5-6,11,13-14H2,1-2H3,(H,23,24). The monoisotopic (exact) mass is 349 g/mol. The van der Waals surface area contributed by atoms with Gasteiger partial charge in [0.25, 0.3) is 0 Å². The van der Waals surface area contributed by atoms with Gasteiger partial charge >= 0.3 is 0 Å². The molecule has 3 aromatic rings. The highest BCUT2D eigenvalue weighted by atomic mass is 16.3. The molecule has 0 aliphatic carbocycles. The molecule has 0 saturated carbocycles. The number of aliphatic hydroxyl groups is 1. The summed E-state index contributed by atoms with van der Waals surface area (Å²) >= 11 is 0. The molecule has 2 atom stereocenters. The minimum absolute atomic E-state index is 0.405. The van der Waals surface area contributed by atoms with E-state index in [0.717, 1.165) is 48.4 Å². The van der Waals surface area contributed by atoms with Crippen LogP contribution in [0.4, 0.5) is 0 Å². The highest BCUT2D eigenvalue weighted by Gasteiger charge is 2.25. The number of H-pyrrole nitrogens is 1. The first-order chi connectivity index (χ1) is 12.6. The summed E-state index contributed by atoms with van der Waals surface area (Å²) in [5, 5.41) is 10.8. The Hall–Kier alpha value is -2.17. The highest BCUT2D eigenvalue weighted by Crippen LogP contribution is 2.28. The topological polar surface area (TPSA) is 52.1 Å². The Bertz CT molecular complexity index is 868. The number of fused-ring (bicyclic) bond motifs is 1. The average Bonchev–Trinajstić information content (AvgIpc) is 3.06. The number of hydrogen-bond acceptors (Lipinski definition) is 3. The zero-order chi connectivity index (χ0) is 18.1. The summed E-state index contributed by atoms with van der Waals surface area (Å²) < 4.78 is 0. The van der Waals surface area contributed by atoms with Crippen molar-refractivity contribution in [3.63, 3.8) is 0 Å².